The molecule has 108 valence electrons. The van der Waals surface area contributed by atoms with Gasteiger partial charge in [0.2, 0.25) is 5.82 Å². The number of piperidine rings is 1. The molecule has 1 aliphatic rings. The summed E-state index contributed by atoms with van der Waals surface area (Å²) in [7, 11) is 1.66. The lowest BCUT2D eigenvalue weighted by molar-refractivity contribution is -0.0306. The highest BCUT2D eigenvalue weighted by Crippen LogP contribution is 2.34. The van der Waals surface area contributed by atoms with Crippen LogP contribution in [0, 0.1) is 0 Å². The van der Waals surface area contributed by atoms with Gasteiger partial charge in [-0.15, -0.1) is 0 Å². The molecule has 1 fully saturated rings. The van der Waals surface area contributed by atoms with Crippen molar-refractivity contribution in [2.75, 3.05) is 20.2 Å². The number of aromatic nitrogens is 2. The summed E-state index contributed by atoms with van der Waals surface area (Å²) in [6.07, 6.45) is 2.71. The molecule has 1 aliphatic heterocycles. The zero-order valence-electron chi connectivity index (χ0n) is 11.9. The first kappa shape index (κ1) is 14.4. The Bertz CT molecular complexity index is 401. The Kier molecular flexibility index (Phi) is 4.23. The molecular weight excluding hydrogens is 246 g/mol. The van der Waals surface area contributed by atoms with Crippen LogP contribution in [0.1, 0.15) is 51.2 Å². The average Bonchev–Trinajstić information content (AvgIpc) is 2.93. The molecule has 0 aliphatic carbocycles. The second kappa shape index (κ2) is 5.56. The molecule has 6 nitrogen and oxygen atoms in total. The monoisotopic (exact) mass is 269 g/mol. The summed E-state index contributed by atoms with van der Waals surface area (Å²) in [6, 6.07) is 0. The van der Waals surface area contributed by atoms with Crippen molar-refractivity contribution in [1.29, 1.82) is 0 Å². The van der Waals surface area contributed by atoms with Gasteiger partial charge >= 0.3 is 0 Å². The Morgan fingerprint density at radius 1 is 1.37 bits per heavy atom. The number of aliphatic hydroxyl groups is 1. The molecule has 1 aromatic rings. The summed E-state index contributed by atoms with van der Waals surface area (Å²) >= 11 is 0. The molecular formula is C13H23N3O3. The Hall–Kier alpha value is -0.980. The van der Waals surface area contributed by atoms with Crippen LogP contribution in [0.3, 0.4) is 0 Å². The minimum Gasteiger partial charge on any atom is -0.380 e. The maximum Gasteiger partial charge on any atom is 0.258 e. The van der Waals surface area contributed by atoms with Crippen LogP contribution in [0.5, 0.6) is 0 Å². The lowest BCUT2D eigenvalue weighted by atomic mass is 9.92. The van der Waals surface area contributed by atoms with Crippen molar-refractivity contribution in [3.8, 4) is 0 Å². The van der Waals surface area contributed by atoms with Crippen LogP contribution in [-0.2, 0) is 15.9 Å². The molecule has 0 unspecified atom stereocenters. The second-order valence-electron chi connectivity index (χ2n) is 5.11. The summed E-state index contributed by atoms with van der Waals surface area (Å²) in [5.74, 6) is 0.842. The zero-order chi connectivity index (χ0) is 13.9. The van der Waals surface area contributed by atoms with Crippen molar-refractivity contribution in [2.45, 2.75) is 50.7 Å². The minimum absolute atomic E-state index is 0.312. The molecule has 0 bridgehead atoms. The van der Waals surface area contributed by atoms with Gasteiger partial charge in [-0.05, 0) is 38.8 Å². The Labute approximate surface area is 113 Å². The molecule has 0 amide bonds. The van der Waals surface area contributed by atoms with E-state index in [9.17, 15) is 5.11 Å². The third kappa shape index (κ3) is 2.52. The van der Waals surface area contributed by atoms with Crippen LogP contribution in [0.25, 0.3) is 0 Å². The first-order valence-corrected chi connectivity index (χ1v) is 6.93. The fourth-order valence-electron chi connectivity index (χ4n) is 2.60. The number of hydrogen-bond acceptors (Lipinski definition) is 6. The first-order valence-electron chi connectivity index (χ1n) is 6.93. The molecule has 0 spiro atoms. The normalized spacial score (nSPS) is 19.6. The van der Waals surface area contributed by atoms with Crippen LogP contribution >= 0.6 is 0 Å². The Morgan fingerprint density at radius 3 is 2.53 bits per heavy atom. The topological polar surface area (TPSA) is 80.4 Å². The number of rotatable bonds is 5. The van der Waals surface area contributed by atoms with Crippen molar-refractivity contribution in [3.63, 3.8) is 0 Å². The Balaban J connectivity index is 2.27. The van der Waals surface area contributed by atoms with Crippen molar-refractivity contribution in [3.05, 3.63) is 11.7 Å². The predicted molar refractivity (Wildman–Crippen MR) is 69.6 cm³/mol. The lowest BCUT2D eigenvalue weighted by Gasteiger charge is -2.29. The standard InChI is InChI=1S/C13H23N3O3/c1-4-13(5-2,18-3)10-15-11(19-16-10)12(17)6-8-14-9-7-12/h14,17H,4-9H2,1-3H3. The summed E-state index contributed by atoms with van der Waals surface area (Å²) in [6.45, 7) is 5.57. The first-order chi connectivity index (χ1) is 9.10. The highest BCUT2D eigenvalue weighted by molar-refractivity contribution is 5.06. The van der Waals surface area contributed by atoms with Crippen molar-refractivity contribution < 1.29 is 14.4 Å². The van der Waals surface area contributed by atoms with Gasteiger partial charge in [0, 0.05) is 7.11 Å². The van der Waals surface area contributed by atoms with Crippen LogP contribution < -0.4 is 5.32 Å². The van der Waals surface area contributed by atoms with E-state index in [4.69, 9.17) is 9.26 Å². The molecule has 0 radical (unpaired) electrons. The molecule has 1 aromatic heterocycles. The summed E-state index contributed by atoms with van der Waals surface area (Å²) in [5, 5.41) is 17.8. The van der Waals surface area contributed by atoms with Crippen molar-refractivity contribution in [2.24, 2.45) is 0 Å². The van der Waals surface area contributed by atoms with Gasteiger partial charge < -0.3 is 19.7 Å². The highest BCUT2D eigenvalue weighted by Gasteiger charge is 2.40. The molecule has 0 atom stereocenters. The summed E-state index contributed by atoms with van der Waals surface area (Å²) in [4.78, 5) is 4.41. The SMILES string of the molecule is CCC(CC)(OC)c1noc(C2(O)CCNCC2)n1. The van der Waals surface area contributed by atoms with Crippen LogP contribution in [-0.4, -0.2) is 35.4 Å². The number of nitrogens with one attached hydrogen (secondary N) is 1. The van der Waals surface area contributed by atoms with E-state index in [2.05, 4.69) is 15.5 Å². The predicted octanol–water partition coefficient (Wildman–Crippen LogP) is 1.30. The molecule has 0 aromatic carbocycles. The van der Waals surface area contributed by atoms with E-state index in [0.29, 0.717) is 24.6 Å². The smallest absolute Gasteiger partial charge is 0.258 e. The maximum atomic E-state index is 10.6. The van der Waals surface area contributed by atoms with Crippen LogP contribution in [0.4, 0.5) is 0 Å². The van der Waals surface area contributed by atoms with Gasteiger partial charge in [-0.2, -0.15) is 4.98 Å². The summed E-state index contributed by atoms with van der Waals surface area (Å²) in [5.41, 5.74) is -1.53. The highest BCUT2D eigenvalue weighted by atomic mass is 16.5. The van der Waals surface area contributed by atoms with Gasteiger partial charge in [-0.3, -0.25) is 0 Å². The largest absolute Gasteiger partial charge is 0.380 e. The van der Waals surface area contributed by atoms with Gasteiger partial charge in [-0.1, -0.05) is 19.0 Å². The van der Waals surface area contributed by atoms with Crippen molar-refractivity contribution in [1.82, 2.24) is 15.5 Å². The molecule has 2 rings (SSSR count). The molecule has 2 heterocycles. The van der Waals surface area contributed by atoms with Gasteiger partial charge in [0.15, 0.2) is 0 Å². The average molecular weight is 269 g/mol. The van der Waals surface area contributed by atoms with Gasteiger partial charge in [0.1, 0.15) is 11.2 Å². The van der Waals surface area contributed by atoms with E-state index in [-0.39, 0.29) is 0 Å². The third-order valence-corrected chi connectivity index (χ3v) is 4.20. The number of hydrogen-bond donors (Lipinski definition) is 2. The summed E-state index contributed by atoms with van der Waals surface area (Å²) < 4.78 is 10.9. The molecule has 19 heavy (non-hydrogen) atoms. The molecule has 0 saturated carbocycles. The second-order valence-corrected chi connectivity index (χ2v) is 5.11. The van der Waals surface area contributed by atoms with Gasteiger partial charge in [-0.25, -0.2) is 0 Å². The molecule has 6 heteroatoms. The molecule has 1 saturated heterocycles. The van der Waals surface area contributed by atoms with E-state index in [1.807, 2.05) is 13.8 Å². The third-order valence-electron chi connectivity index (χ3n) is 4.20. The zero-order valence-corrected chi connectivity index (χ0v) is 11.9. The number of nitrogens with zero attached hydrogens (tertiary/aromatic N) is 2. The molecule has 2 N–H and O–H groups in total. The van der Waals surface area contributed by atoms with Crippen LogP contribution in [0.15, 0.2) is 4.52 Å². The van der Waals surface area contributed by atoms with E-state index < -0.39 is 11.2 Å². The fourth-order valence-corrected chi connectivity index (χ4v) is 2.60. The van der Waals surface area contributed by atoms with Crippen LogP contribution in [0.2, 0.25) is 0 Å². The van der Waals surface area contributed by atoms with E-state index in [1.54, 1.807) is 7.11 Å². The lowest BCUT2D eigenvalue weighted by Crippen LogP contribution is -2.40. The van der Waals surface area contributed by atoms with E-state index >= 15 is 0 Å². The van der Waals surface area contributed by atoms with Crippen molar-refractivity contribution >= 4 is 0 Å². The number of ether oxygens (including phenoxy) is 1. The van der Waals surface area contributed by atoms with E-state index in [1.165, 1.54) is 0 Å². The fraction of sp³-hybridized carbons (Fsp3) is 0.846. The number of methoxy groups -OCH3 is 1. The Morgan fingerprint density at radius 2 is 2.00 bits per heavy atom. The van der Waals surface area contributed by atoms with Gasteiger partial charge in [0.25, 0.3) is 5.89 Å². The minimum atomic E-state index is -1.00. The van der Waals surface area contributed by atoms with Gasteiger partial charge in [0.05, 0.1) is 0 Å². The van der Waals surface area contributed by atoms with E-state index in [0.717, 1.165) is 25.9 Å². The maximum absolute atomic E-state index is 10.6. The quantitative estimate of drug-likeness (QED) is 0.838.